The van der Waals surface area contributed by atoms with Crippen molar-refractivity contribution < 1.29 is 4.52 Å². The second kappa shape index (κ2) is 5.70. The van der Waals surface area contributed by atoms with Crippen molar-refractivity contribution in [3.05, 3.63) is 18.0 Å². The van der Waals surface area contributed by atoms with E-state index < -0.39 is 0 Å². The third-order valence-electron chi connectivity index (χ3n) is 3.06. The first-order valence-electron chi connectivity index (χ1n) is 6.46. The highest BCUT2D eigenvalue weighted by atomic mass is 16.5. The van der Waals surface area contributed by atoms with Crippen molar-refractivity contribution in [1.29, 1.82) is 0 Å². The number of anilines is 3. The van der Waals surface area contributed by atoms with Crippen LogP contribution in [0, 0.1) is 0 Å². The van der Waals surface area contributed by atoms with Gasteiger partial charge in [0.15, 0.2) is 0 Å². The number of hydrogen-bond donors (Lipinski definition) is 3. The van der Waals surface area contributed by atoms with Crippen LogP contribution in [0.25, 0.3) is 0 Å². The molecule has 20 heavy (non-hydrogen) atoms. The Hall–Kier alpha value is -2.42. The van der Waals surface area contributed by atoms with Gasteiger partial charge in [0.1, 0.15) is 12.0 Å². The van der Waals surface area contributed by atoms with E-state index in [0.29, 0.717) is 24.4 Å². The number of hydrogen-bond acceptors (Lipinski definition) is 9. The molecule has 3 rings (SSSR count). The molecule has 1 aliphatic rings. The Morgan fingerprint density at radius 2 is 2.00 bits per heavy atom. The van der Waals surface area contributed by atoms with Crippen LogP contribution in [0.2, 0.25) is 0 Å². The second-order valence-corrected chi connectivity index (χ2v) is 4.47. The van der Waals surface area contributed by atoms with E-state index >= 15 is 0 Å². The largest absolute Gasteiger partial charge is 0.364 e. The molecule has 3 heterocycles. The molecule has 0 amide bonds. The Balaban J connectivity index is 1.76. The summed E-state index contributed by atoms with van der Waals surface area (Å²) in [4.78, 5) is 15.0. The molecular weight excluding hydrogens is 260 g/mol. The van der Waals surface area contributed by atoms with Gasteiger partial charge in [-0.25, -0.2) is 5.84 Å². The van der Waals surface area contributed by atoms with Crippen LogP contribution in [-0.4, -0.2) is 33.2 Å². The lowest BCUT2D eigenvalue weighted by Gasteiger charge is -2.16. The maximum Gasteiger partial charge on any atom is 0.243 e. The predicted octanol–water partition coefficient (Wildman–Crippen LogP) is 0.357. The molecule has 0 bridgehead atoms. The fourth-order valence-corrected chi connectivity index (χ4v) is 2.07. The molecule has 9 heteroatoms. The van der Waals surface area contributed by atoms with E-state index in [9.17, 15) is 0 Å². The van der Waals surface area contributed by atoms with E-state index in [-0.39, 0.29) is 0 Å². The Morgan fingerprint density at radius 1 is 1.20 bits per heavy atom. The first kappa shape index (κ1) is 12.6. The van der Waals surface area contributed by atoms with Crippen LogP contribution < -0.4 is 21.5 Å². The summed E-state index contributed by atoms with van der Waals surface area (Å²) in [5, 5.41) is 6.89. The van der Waals surface area contributed by atoms with E-state index in [1.807, 2.05) is 0 Å². The van der Waals surface area contributed by atoms with Crippen LogP contribution in [0.15, 0.2) is 16.9 Å². The molecule has 0 atom stereocenters. The third kappa shape index (κ3) is 2.77. The van der Waals surface area contributed by atoms with Crippen molar-refractivity contribution in [3.8, 4) is 0 Å². The highest BCUT2D eigenvalue weighted by molar-refractivity contribution is 5.43. The molecule has 0 saturated carbocycles. The highest BCUT2D eigenvalue weighted by Gasteiger charge is 2.17. The van der Waals surface area contributed by atoms with Crippen molar-refractivity contribution in [2.24, 2.45) is 5.84 Å². The predicted molar refractivity (Wildman–Crippen MR) is 72.9 cm³/mol. The number of rotatable bonds is 5. The molecule has 1 aliphatic heterocycles. The van der Waals surface area contributed by atoms with Crippen LogP contribution in [-0.2, 0) is 6.54 Å². The monoisotopic (exact) mass is 276 g/mol. The zero-order valence-corrected chi connectivity index (χ0v) is 10.9. The number of nitrogens with two attached hydrogens (primary N) is 1. The van der Waals surface area contributed by atoms with Gasteiger partial charge < -0.3 is 14.7 Å². The Labute approximate surface area is 115 Å². The Morgan fingerprint density at radius 3 is 2.70 bits per heavy atom. The normalized spacial score (nSPS) is 14.6. The maximum atomic E-state index is 5.40. The molecule has 4 N–H and O–H groups in total. The number of nitrogens with one attached hydrogen (secondary N) is 2. The van der Waals surface area contributed by atoms with Crippen molar-refractivity contribution in [2.45, 2.75) is 19.4 Å². The van der Waals surface area contributed by atoms with Crippen LogP contribution in [0.3, 0.4) is 0 Å². The van der Waals surface area contributed by atoms with Crippen LogP contribution in [0.4, 0.5) is 17.8 Å². The zero-order valence-electron chi connectivity index (χ0n) is 10.9. The highest BCUT2D eigenvalue weighted by Crippen LogP contribution is 2.18. The molecule has 1 saturated heterocycles. The van der Waals surface area contributed by atoms with Gasteiger partial charge in [-0.1, -0.05) is 5.16 Å². The Bertz CT molecular complexity index is 552. The lowest BCUT2D eigenvalue weighted by atomic mass is 10.4. The van der Waals surface area contributed by atoms with Gasteiger partial charge in [-0.05, 0) is 12.8 Å². The summed E-state index contributed by atoms with van der Waals surface area (Å²) in [6.07, 6.45) is 3.82. The smallest absolute Gasteiger partial charge is 0.243 e. The van der Waals surface area contributed by atoms with Gasteiger partial charge in [0, 0.05) is 19.2 Å². The average molecular weight is 276 g/mol. The zero-order chi connectivity index (χ0) is 13.8. The van der Waals surface area contributed by atoms with Crippen molar-refractivity contribution in [3.63, 3.8) is 0 Å². The molecule has 0 aromatic carbocycles. The number of nitrogen functional groups attached to an aromatic ring is 1. The minimum absolute atomic E-state index is 0.338. The maximum absolute atomic E-state index is 5.40. The number of hydrazine groups is 1. The van der Waals surface area contributed by atoms with Crippen molar-refractivity contribution in [1.82, 2.24) is 20.1 Å². The summed E-state index contributed by atoms with van der Waals surface area (Å²) in [7, 11) is 0. The molecule has 106 valence electrons. The fraction of sp³-hybridized carbons (Fsp3) is 0.455. The molecule has 0 aliphatic carbocycles. The van der Waals surface area contributed by atoms with Gasteiger partial charge in [0.25, 0.3) is 0 Å². The van der Waals surface area contributed by atoms with Gasteiger partial charge in [0.2, 0.25) is 17.8 Å². The lowest BCUT2D eigenvalue weighted by molar-refractivity contribution is 0.412. The van der Waals surface area contributed by atoms with Gasteiger partial charge in [-0.15, -0.1) is 0 Å². The van der Waals surface area contributed by atoms with E-state index in [2.05, 4.69) is 35.8 Å². The summed E-state index contributed by atoms with van der Waals surface area (Å²) >= 11 is 0. The van der Waals surface area contributed by atoms with Crippen LogP contribution >= 0.6 is 0 Å². The average Bonchev–Trinajstić information content (AvgIpc) is 3.17. The van der Waals surface area contributed by atoms with E-state index in [1.165, 1.54) is 6.26 Å². The second-order valence-electron chi connectivity index (χ2n) is 4.47. The third-order valence-corrected chi connectivity index (χ3v) is 3.06. The summed E-state index contributed by atoms with van der Waals surface area (Å²) in [5.41, 5.74) is 3.23. The van der Waals surface area contributed by atoms with Crippen LogP contribution in [0.1, 0.15) is 18.5 Å². The molecule has 0 radical (unpaired) electrons. The first-order chi connectivity index (χ1) is 9.85. The molecule has 2 aromatic rings. The fourth-order valence-electron chi connectivity index (χ4n) is 2.07. The first-order valence-corrected chi connectivity index (χ1v) is 6.46. The van der Waals surface area contributed by atoms with Crippen molar-refractivity contribution in [2.75, 3.05) is 28.7 Å². The summed E-state index contributed by atoms with van der Waals surface area (Å²) in [6.45, 7) is 2.39. The minimum Gasteiger partial charge on any atom is -0.364 e. The van der Waals surface area contributed by atoms with E-state index in [1.54, 1.807) is 6.07 Å². The summed E-state index contributed by atoms with van der Waals surface area (Å²) in [5.74, 6) is 6.83. The minimum atomic E-state index is 0.338. The van der Waals surface area contributed by atoms with Gasteiger partial charge in [0.05, 0.1) is 6.54 Å². The lowest BCUT2D eigenvalue weighted by Crippen LogP contribution is -2.23. The van der Waals surface area contributed by atoms with E-state index in [4.69, 9.17) is 10.4 Å². The molecule has 1 fully saturated rings. The number of aromatic nitrogens is 4. The molecule has 9 nitrogen and oxygen atoms in total. The summed E-state index contributed by atoms with van der Waals surface area (Å²) in [6, 6.07) is 1.78. The van der Waals surface area contributed by atoms with Gasteiger partial charge >= 0.3 is 0 Å². The van der Waals surface area contributed by atoms with E-state index in [0.717, 1.165) is 31.6 Å². The standard InChI is InChI=1S/C11H16N8O/c12-17-10-14-9(13-7-8-3-6-20-18-8)15-11(16-10)19-4-1-2-5-19/h3,6H,1-2,4-5,7,12H2,(H2,13,14,15,16,17). The topological polar surface area (TPSA) is 118 Å². The molecule has 0 spiro atoms. The molecule has 0 unspecified atom stereocenters. The quantitative estimate of drug-likeness (QED) is 0.525. The molecule has 2 aromatic heterocycles. The SMILES string of the molecule is NNc1nc(NCc2ccon2)nc(N2CCCC2)n1. The van der Waals surface area contributed by atoms with Gasteiger partial charge in [-0.2, -0.15) is 15.0 Å². The van der Waals surface area contributed by atoms with Gasteiger partial charge in [-0.3, -0.25) is 5.43 Å². The van der Waals surface area contributed by atoms with Crippen molar-refractivity contribution >= 4 is 17.8 Å². The summed E-state index contributed by atoms with van der Waals surface area (Å²) < 4.78 is 4.77. The number of nitrogens with zero attached hydrogens (tertiary/aromatic N) is 5. The molecular formula is C11H16N8O. The van der Waals surface area contributed by atoms with Crippen LogP contribution in [0.5, 0.6) is 0 Å². The Kier molecular flexibility index (Phi) is 3.59.